The van der Waals surface area contributed by atoms with Crippen LogP contribution < -0.4 is 9.80 Å². The van der Waals surface area contributed by atoms with Crippen molar-refractivity contribution in [3.05, 3.63) is 111 Å². The fraction of sp³-hybridized carbons (Fsp3) is 0.222. The second kappa shape index (κ2) is 8.61. The van der Waals surface area contributed by atoms with E-state index in [1.54, 1.807) is 24.3 Å². The third kappa shape index (κ3) is 3.64. The maximum Gasteiger partial charge on any atom is 0.245 e. The van der Waals surface area contributed by atoms with Gasteiger partial charge in [-0.15, -0.1) is 0 Å². The van der Waals surface area contributed by atoms with Gasteiger partial charge in [0.25, 0.3) is 0 Å². The van der Waals surface area contributed by atoms with Gasteiger partial charge in [-0.3, -0.25) is 14.9 Å². The van der Waals surface area contributed by atoms with E-state index < -0.39 is 24.0 Å². The first-order valence-corrected chi connectivity index (χ1v) is 11.5. The van der Waals surface area contributed by atoms with Crippen LogP contribution in [0.25, 0.3) is 6.08 Å². The van der Waals surface area contributed by atoms with Crippen LogP contribution in [-0.4, -0.2) is 42.9 Å². The minimum absolute atomic E-state index is 0.155. The van der Waals surface area contributed by atoms with Gasteiger partial charge in [0.05, 0.1) is 5.92 Å². The zero-order valence-electron chi connectivity index (χ0n) is 18.8. The molecule has 1 saturated heterocycles. The maximum absolute atomic E-state index is 14.0. The molecule has 0 aromatic heterocycles. The molecular formula is C27H24ClN3O3. The molecule has 172 valence electrons. The zero-order valence-corrected chi connectivity index (χ0v) is 19.6. The lowest BCUT2D eigenvalue weighted by atomic mass is 9.83. The number of benzene rings is 3. The number of ketones is 1. The molecule has 34 heavy (non-hydrogen) atoms. The number of anilines is 2. The van der Waals surface area contributed by atoms with Gasteiger partial charge >= 0.3 is 0 Å². The standard InChI is InChI=1S/C27H24ClN3O3/c1-29(2)21-14-9-18(10-15-21)24-25(31(33)34)23-16-11-17-5-3-4-6-22(17)30(23)26(24)27(32)19-7-12-20(28)13-8-19/h3-16,23-26H,1-2H3/t23-,24+,25+,26-/m1/s1. The third-order valence-corrected chi connectivity index (χ3v) is 7.05. The Morgan fingerprint density at radius 3 is 2.32 bits per heavy atom. The van der Waals surface area contributed by atoms with Gasteiger partial charge in [-0.1, -0.05) is 54.1 Å². The molecule has 0 amide bonds. The van der Waals surface area contributed by atoms with E-state index in [9.17, 15) is 14.9 Å². The lowest BCUT2D eigenvalue weighted by Crippen LogP contribution is -2.44. The fourth-order valence-electron chi connectivity index (χ4n) is 5.21. The Kier molecular flexibility index (Phi) is 5.62. The van der Waals surface area contributed by atoms with E-state index in [1.807, 2.05) is 84.6 Å². The minimum atomic E-state index is -0.976. The van der Waals surface area contributed by atoms with Gasteiger partial charge in [0.15, 0.2) is 5.78 Å². The average molecular weight is 474 g/mol. The molecule has 2 aliphatic rings. The molecule has 0 bridgehead atoms. The molecule has 3 aromatic rings. The van der Waals surface area contributed by atoms with Crippen molar-refractivity contribution in [2.24, 2.45) is 0 Å². The van der Waals surface area contributed by atoms with Crippen LogP contribution in [0.1, 0.15) is 27.4 Å². The molecule has 0 saturated carbocycles. The highest BCUT2D eigenvalue weighted by atomic mass is 35.5. The molecule has 0 aliphatic carbocycles. The van der Waals surface area contributed by atoms with Crippen LogP contribution in [0, 0.1) is 10.1 Å². The van der Waals surface area contributed by atoms with Crippen LogP contribution in [0.3, 0.4) is 0 Å². The average Bonchev–Trinajstić information content (AvgIpc) is 3.20. The van der Waals surface area contributed by atoms with Gasteiger partial charge in [-0.2, -0.15) is 0 Å². The van der Waals surface area contributed by atoms with Crippen molar-refractivity contribution in [2.45, 2.75) is 24.0 Å². The lowest BCUT2D eigenvalue weighted by Gasteiger charge is -2.34. The van der Waals surface area contributed by atoms with Crippen LogP contribution in [-0.2, 0) is 0 Å². The van der Waals surface area contributed by atoms with Crippen LogP contribution in [0.15, 0.2) is 78.9 Å². The predicted octanol–water partition coefficient (Wildman–Crippen LogP) is 5.30. The van der Waals surface area contributed by atoms with Crippen molar-refractivity contribution in [1.29, 1.82) is 0 Å². The predicted molar refractivity (Wildman–Crippen MR) is 136 cm³/mol. The van der Waals surface area contributed by atoms with Gasteiger partial charge in [0, 0.05) is 41.0 Å². The number of carbonyl (C=O) groups excluding carboxylic acids is 1. The summed E-state index contributed by atoms with van der Waals surface area (Å²) in [5.41, 5.74) is 4.03. The summed E-state index contributed by atoms with van der Waals surface area (Å²) in [6.07, 6.45) is 3.79. The van der Waals surface area contributed by atoms with Gasteiger partial charge in [0.1, 0.15) is 12.1 Å². The van der Waals surface area contributed by atoms with E-state index in [0.717, 1.165) is 22.5 Å². The Morgan fingerprint density at radius 2 is 1.68 bits per heavy atom. The van der Waals surface area contributed by atoms with Crippen molar-refractivity contribution in [2.75, 3.05) is 23.9 Å². The van der Waals surface area contributed by atoms with Crippen molar-refractivity contribution in [3.8, 4) is 0 Å². The second-order valence-electron chi connectivity index (χ2n) is 8.92. The summed E-state index contributed by atoms with van der Waals surface area (Å²) in [5, 5.41) is 13.0. The molecule has 4 atom stereocenters. The van der Waals surface area contributed by atoms with Crippen molar-refractivity contribution >= 4 is 34.8 Å². The first-order valence-electron chi connectivity index (χ1n) is 11.1. The molecule has 2 aliphatic heterocycles. The Morgan fingerprint density at radius 1 is 1.00 bits per heavy atom. The largest absolute Gasteiger partial charge is 0.378 e. The number of nitrogens with zero attached hydrogens (tertiary/aromatic N) is 3. The summed E-state index contributed by atoms with van der Waals surface area (Å²) >= 11 is 6.06. The SMILES string of the molecule is CN(C)c1ccc([C@H]2[C@@H]([N+](=O)[O-])[C@H]3C=Cc4ccccc4N3[C@H]2C(=O)c2ccc(Cl)cc2)cc1. The van der Waals surface area contributed by atoms with Crippen LogP contribution in [0.2, 0.25) is 5.02 Å². The van der Waals surface area contributed by atoms with Gasteiger partial charge < -0.3 is 9.80 Å². The molecule has 7 heteroatoms. The number of Topliss-reactive ketones (excluding diaryl/α,β-unsaturated/α-hetero) is 1. The Bertz CT molecular complexity index is 1270. The lowest BCUT2D eigenvalue weighted by molar-refractivity contribution is -0.524. The second-order valence-corrected chi connectivity index (χ2v) is 9.36. The quantitative estimate of drug-likeness (QED) is 0.286. The summed E-state index contributed by atoms with van der Waals surface area (Å²) in [5.74, 6) is -0.784. The Balaban J connectivity index is 1.69. The van der Waals surface area contributed by atoms with Crippen LogP contribution in [0.4, 0.5) is 11.4 Å². The Hall–Kier alpha value is -3.64. The fourth-order valence-corrected chi connectivity index (χ4v) is 5.34. The molecule has 2 heterocycles. The third-order valence-electron chi connectivity index (χ3n) is 6.80. The number of fused-ring (bicyclic) bond motifs is 3. The number of para-hydroxylation sites is 1. The van der Waals surface area contributed by atoms with E-state index in [1.165, 1.54) is 0 Å². The summed E-state index contributed by atoms with van der Waals surface area (Å²) in [6, 6.07) is 19.9. The van der Waals surface area contributed by atoms with Crippen molar-refractivity contribution in [1.82, 2.24) is 0 Å². The minimum Gasteiger partial charge on any atom is -0.378 e. The smallest absolute Gasteiger partial charge is 0.245 e. The molecule has 0 spiro atoms. The topological polar surface area (TPSA) is 66.7 Å². The van der Waals surface area contributed by atoms with Crippen molar-refractivity contribution < 1.29 is 9.72 Å². The summed E-state index contributed by atoms with van der Waals surface area (Å²) in [4.78, 5) is 30.2. The highest BCUT2D eigenvalue weighted by molar-refractivity contribution is 6.30. The first-order chi connectivity index (χ1) is 16.4. The zero-order chi connectivity index (χ0) is 24.0. The number of nitro groups is 1. The van der Waals surface area contributed by atoms with Gasteiger partial charge in [-0.25, -0.2) is 0 Å². The Labute approximate surface area is 203 Å². The maximum atomic E-state index is 14.0. The first kappa shape index (κ1) is 22.2. The molecule has 1 fully saturated rings. The molecule has 0 N–H and O–H groups in total. The summed E-state index contributed by atoms with van der Waals surface area (Å²) in [7, 11) is 3.89. The highest BCUT2D eigenvalue weighted by Gasteiger charge is 2.58. The highest BCUT2D eigenvalue weighted by Crippen LogP contribution is 2.47. The van der Waals surface area contributed by atoms with Crippen LogP contribution in [0.5, 0.6) is 0 Å². The number of carbonyl (C=O) groups is 1. The molecule has 0 unspecified atom stereocenters. The number of halogens is 1. The van der Waals surface area contributed by atoms with Crippen LogP contribution >= 0.6 is 11.6 Å². The molecule has 5 rings (SSSR count). The normalized spacial score (nSPS) is 22.7. The molecule has 6 nitrogen and oxygen atoms in total. The van der Waals surface area contributed by atoms with E-state index in [2.05, 4.69) is 0 Å². The number of hydrogen-bond acceptors (Lipinski definition) is 5. The molecule has 0 radical (unpaired) electrons. The van der Waals surface area contributed by atoms with E-state index in [4.69, 9.17) is 11.6 Å². The molecular weight excluding hydrogens is 450 g/mol. The van der Waals surface area contributed by atoms with E-state index >= 15 is 0 Å². The van der Waals surface area contributed by atoms with E-state index in [-0.39, 0.29) is 10.7 Å². The van der Waals surface area contributed by atoms with E-state index in [0.29, 0.717) is 10.6 Å². The monoisotopic (exact) mass is 473 g/mol. The van der Waals surface area contributed by atoms with Gasteiger partial charge in [0.2, 0.25) is 6.04 Å². The summed E-state index contributed by atoms with van der Waals surface area (Å²) < 4.78 is 0. The van der Waals surface area contributed by atoms with Crippen molar-refractivity contribution in [3.63, 3.8) is 0 Å². The number of hydrogen-bond donors (Lipinski definition) is 0. The van der Waals surface area contributed by atoms with Gasteiger partial charge in [-0.05, 0) is 53.6 Å². The summed E-state index contributed by atoms with van der Waals surface area (Å²) in [6.45, 7) is 0. The molecule has 3 aromatic carbocycles. The number of rotatable bonds is 5.